The quantitative estimate of drug-likeness (QED) is 0.0683. The summed E-state index contributed by atoms with van der Waals surface area (Å²) in [5.74, 6) is 0. The molecule has 0 spiro atoms. The molecular weight excluding hydrogens is 1110 g/mol. The molecule has 15 aromatic rings. The minimum absolute atomic E-state index is 0.211. The molecule has 0 bridgehead atoms. The Morgan fingerprint density at radius 3 is 0.924 bits per heavy atom. The van der Waals surface area contributed by atoms with Crippen LogP contribution in [0.5, 0.6) is 0 Å². The van der Waals surface area contributed by atoms with E-state index < -0.39 is 0 Å². The van der Waals surface area contributed by atoms with Crippen molar-refractivity contribution in [2.24, 2.45) is 0 Å². The van der Waals surface area contributed by atoms with Gasteiger partial charge >= 0.3 is 0 Å². The second kappa shape index (κ2) is 21.7. The summed E-state index contributed by atoms with van der Waals surface area (Å²) in [6.07, 6.45) is 9.27. The first-order chi connectivity index (χ1) is 45.1. The van der Waals surface area contributed by atoms with E-state index in [1.54, 1.807) is 0 Å². The molecular formula is C90H66N2. The van der Waals surface area contributed by atoms with E-state index in [9.17, 15) is 0 Å². The van der Waals surface area contributed by atoms with E-state index in [-0.39, 0.29) is 10.8 Å². The van der Waals surface area contributed by atoms with Gasteiger partial charge in [-0.05, 0) is 205 Å². The lowest BCUT2D eigenvalue weighted by Crippen LogP contribution is -2.16. The van der Waals surface area contributed by atoms with Gasteiger partial charge in [0.05, 0.1) is 0 Å². The van der Waals surface area contributed by atoms with Gasteiger partial charge < -0.3 is 9.80 Å². The molecule has 0 saturated heterocycles. The molecule has 0 amide bonds. The van der Waals surface area contributed by atoms with Gasteiger partial charge in [0.2, 0.25) is 0 Å². The Morgan fingerprint density at radius 1 is 0.228 bits per heavy atom. The van der Waals surface area contributed by atoms with Gasteiger partial charge in [-0.1, -0.05) is 283 Å². The highest BCUT2D eigenvalue weighted by molar-refractivity contribution is 6.34. The van der Waals surface area contributed by atoms with Gasteiger partial charge in [-0.3, -0.25) is 0 Å². The summed E-state index contributed by atoms with van der Waals surface area (Å²) in [7, 11) is 0. The van der Waals surface area contributed by atoms with Crippen LogP contribution in [0.2, 0.25) is 0 Å². The molecule has 0 aromatic heterocycles. The maximum atomic E-state index is 2.42. The first-order valence-electron chi connectivity index (χ1n) is 32.2. The van der Waals surface area contributed by atoms with Gasteiger partial charge in [0.25, 0.3) is 0 Å². The zero-order valence-corrected chi connectivity index (χ0v) is 52.1. The van der Waals surface area contributed by atoms with Crippen LogP contribution in [-0.2, 0) is 10.8 Å². The van der Waals surface area contributed by atoms with Gasteiger partial charge in [0.1, 0.15) is 0 Å². The predicted molar refractivity (Wildman–Crippen MR) is 394 cm³/mol. The van der Waals surface area contributed by atoms with E-state index in [1.165, 1.54) is 132 Å². The Bertz CT molecular complexity index is 5050. The highest BCUT2D eigenvalue weighted by atomic mass is 15.1. The van der Waals surface area contributed by atoms with Crippen molar-refractivity contribution in [1.29, 1.82) is 0 Å². The van der Waals surface area contributed by atoms with Gasteiger partial charge in [0, 0.05) is 45.0 Å². The summed E-state index contributed by atoms with van der Waals surface area (Å²) in [4.78, 5) is 4.77. The molecule has 436 valence electrons. The van der Waals surface area contributed by atoms with Crippen molar-refractivity contribution in [2.75, 3.05) is 9.80 Å². The molecule has 0 unspecified atom stereocenters. The lowest BCUT2D eigenvalue weighted by Gasteiger charge is -2.28. The van der Waals surface area contributed by atoms with Gasteiger partial charge in [-0.15, -0.1) is 0 Å². The average molecular weight is 1180 g/mol. The lowest BCUT2D eigenvalue weighted by atomic mass is 9.81. The van der Waals surface area contributed by atoms with Crippen LogP contribution >= 0.6 is 0 Å². The second-order valence-electron chi connectivity index (χ2n) is 26.0. The number of benzene rings is 15. The SMILES string of the molecule is CC1(C)c2cc(/C=C/c3ccc4c5cccc6c(/C=C/c7ccc8c(c7)C(C)(C)c7cc(N(c9ccccc9)c9ccc(-c%10ccccc%10)cc9)ccc7-8)ccc(c7cccc3c74)c65)ccc2-c2ccc(N(c3ccccc3)c3ccc(-c4ccccc4)cc3)cc21. The zero-order chi connectivity index (χ0) is 61.7. The molecule has 2 aliphatic carbocycles. The standard InChI is InChI=1S/C90H66N2/c1-89(2)83-55-59(33-49-75(83)77-53-47-71(57-85(77)89)91(67-23-13-7-14-24-67)69-43-37-63(38-44-69)61-19-9-5-10-20-61)31-35-65-41-51-81-80-30-18-28-74-66(42-52-82(88(74)80)79-29-17-27-73(65)87(79)81)36-32-60-34-50-76-78-54-48-72(58-86(78)90(3,4)84(76)56-60)92(68-25-15-8-16-26-68)70-45-39-64(40-46-70)62-21-11-6-12-22-62/h5-58H,1-4H3/b35-31+,36-32+. The third-order valence-corrected chi connectivity index (χ3v) is 20.0. The van der Waals surface area contributed by atoms with Crippen molar-refractivity contribution in [3.8, 4) is 44.5 Å². The number of anilines is 6. The molecule has 0 aliphatic heterocycles. The van der Waals surface area contributed by atoms with Crippen LogP contribution in [-0.4, -0.2) is 0 Å². The number of hydrogen-bond donors (Lipinski definition) is 0. The summed E-state index contributed by atoms with van der Waals surface area (Å²) >= 11 is 0. The monoisotopic (exact) mass is 1170 g/mol. The molecule has 0 heterocycles. The van der Waals surface area contributed by atoms with E-state index >= 15 is 0 Å². The highest BCUT2D eigenvalue weighted by Gasteiger charge is 2.38. The number of para-hydroxylation sites is 2. The van der Waals surface area contributed by atoms with Crippen molar-refractivity contribution >= 4 is 102 Å². The zero-order valence-electron chi connectivity index (χ0n) is 52.1. The number of nitrogens with zero attached hydrogens (tertiary/aromatic N) is 2. The van der Waals surface area contributed by atoms with Crippen molar-refractivity contribution in [3.63, 3.8) is 0 Å². The largest absolute Gasteiger partial charge is 0.310 e. The Kier molecular flexibility index (Phi) is 12.9. The Hall–Kier alpha value is -11.3. The minimum atomic E-state index is -0.211. The van der Waals surface area contributed by atoms with E-state index in [2.05, 4.69) is 365 Å². The van der Waals surface area contributed by atoms with Crippen molar-refractivity contribution in [3.05, 3.63) is 348 Å². The van der Waals surface area contributed by atoms with E-state index in [0.29, 0.717) is 0 Å². The van der Waals surface area contributed by atoms with Crippen LogP contribution in [0.1, 0.15) is 72.2 Å². The Balaban J connectivity index is 0.650. The molecule has 0 atom stereocenters. The second-order valence-corrected chi connectivity index (χ2v) is 26.0. The van der Waals surface area contributed by atoms with Crippen LogP contribution in [0, 0.1) is 0 Å². The van der Waals surface area contributed by atoms with Gasteiger partial charge in [-0.2, -0.15) is 0 Å². The third-order valence-electron chi connectivity index (χ3n) is 20.0. The molecule has 0 saturated carbocycles. The van der Waals surface area contributed by atoms with Crippen molar-refractivity contribution in [1.82, 2.24) is 0 Å². The predicted octanol–water partition coefficient (Wildman–Crippen LogP) is 25.0. The molecule has 2 heteroatoms. The van der Waals surface area contributed by atoms with Crippen LogP contribution in [0.3, 0.4) is 0 Å². The molecule has 0 N–H and O–H groups in total. The molecule has 17 rings (SSSR count). The smallest absolute Gasteiger partial charge is 0.0465 e. The topological polar surface area (TPSA) is 6.48 Å². The van der Waals surface area contributed by atoms with Gasteiger partial charge in [-0.25, -0.2) is 0 Å². The number of hydrogen-bond acceptors (Lipinski definition) is 2. The summed E-state index contributed by atoms with van der Waals surface area (Å²) in [5.41, 5.74) is 26.7. The van der Waals surface area contributed by atoms with Crippen LogP contribution < -0.4 is 9.80 Å². The number of fused-ring (bicyclic) bond motifs is 8. The molecule has 2 nitrogen and oxygen atoms in total. The fourth-order valence-corrected chi connectivity index (χ4v) is 15.3. The van der Waals surface area contributed by atoms with Gasteiger partial charge in [0.15, 0.2) is 0 Å². The maximum Gasteiger partial charge on any atom is 0.0465 e. The van der Waals surface area contributed by atoms with Crippen LogP contribution in [0.4, 0.5) is 34.1 Å². The highest BCUT2D eigenvalue weighted by Crippen LogP contribution is 2.54. The van der Waals surface area contributed by atoms with Crippen LogP contribution in [0.15, 0.2) is 303 Å². The molecule has 92 heavy (non-hydrogen) atoms. The normalized spacial score (nSPS) is 13.5. The molecule has 0 radical (unpaired) electrons. The molecule has 2 aliphatic rings. The average Bonchev–Trinajstić information content (AvgIpc) is 0.956. The van der Waals surface area contributed by atoms with Crippen molar-refractivity contribution < 1.29 is 0 Å². The first-order valence-corrected chi connectivity index (χ1v) is 32.2. The summed E-state index contributed by atoms with van der Waals surface area (Å²) in [5, 5.41) is 10.3. The van der Waals surface area contributed by atoms with E-state index in [1.807, 2.05) is 0 Å². The van der Waals surface area contributed by atoms with Crippen molar-refractivity contribution in [2.45, 2.75) is 38.5 Å². The maximum absolute atomic E-state index is 2.42. The third kappa shape index (κ3) is 9.08. The Labute approximate surface area is 538 Å². The number of rotatable bonds is 12. The van der Waals surface area contributed by atoms with E-state index in [0.717, 1.165) is 34.1 Å². The fourth-order valence-electron chi connectivity index (χ4n) is 15.3. The lowest BCUT2D eigenvalue weighted by molar-refractivity contribution is 0.660. The summed E-state index contributed by atoms with van der Waals surface area (Å²) < 4.78 is 0. The minimum Gasteiger partial charge on any atom is -0.310 e. The molecule has 0 fully saturated rings. The van der Waals surface area contributed by atoms with Crippen LogP contribution in [0.25, 0.3) is 112 Å². The Morgan fingerprint density at radius 2 is 0.533 bits per heavy atom. The first kappa shape index (κ1) is 54.8. The summed E-state index contributed by atoms with van der Waals surface area (Å²) in [6.45, 7) is 9.54. The summed E-state index contributed by atoms with van der Waals surface area (Å²) in [6, 6.07) is 112. The molecule has 15 aromatic carbocycles. The van der Waals surface area contributed by atoms with E-state index in [4.69, 9.17) is 0 Å². The fraction of sp³-hybridized carbons (Fsp3) is 0.0667.